The summed E-state index contributed by atoms with van der Waals surface area (Å²) in [7, 11) is 1.24. The molecule has 4 N–H and O–H groups in total. The van der Waals surface area contributed by atoms with Crippen LogP contribution >= 0.6 is 0 Å². The summed E-state index contributed by atoms with van der Waals surface area (Å²) in [6, 6.07) is 13.2. The lowest BCUT2D eigenvalue weighted by atomic mass is 10.2. The van der Waals surface area contributed by atoms with Crippen molar-refractivity contribution in [3.05, 3.63) is 65.4 Å². The third kappa shape index (κ3) is 4.41. The summed E-state index contributed by atoms with van der Waals surface area (Å²) in [5.41, 5.74) is 6.27. The van der Waals surface area contributed by atoms with Crippen LogP contribution in [0.15, 0.2) is 59.8 Å². The summed E-state index contributed by atoms with van der Waals surface area (Å²) in [6.07, 6.45) is 0. The van der Waals surface area contributed by atoms with E-state index < -0.39 is 17.8 Å². The molecule has 2 amide bonds. The van der Waals surface area contributed by atoms with Crippen molar-refractivity contribution in [3.63, 3.8) is 0 Å². The number of aliphatic hydroxyl groups is 1. The number of ether oxygens (including phenoxy) is 2. The number of para-hydroxylation sites is 2. The lowest BCUT2D eigenvalue weighted by Gasteiger charge is -2.16. The Hall–Kier alpha value is -3.85. The number of nitrogens with two attached hydrogens (primary N) is 1. The number of esters is 1. The highest BCUT2D eigenvalue weighted by molar-refractivity contribution is 6.08. The highest BCUT2D eigenvalue weighted by atomic mass is 16.5. The Kier molecular flexibility index (Phi) is 6.33. The number of methoxy groups -OCH3 is 1. The summed E-state index contributed by atoms with van der Waals surface area (Å²) < 4.78 is 10.7. The molecule has 2 aromatic rings. The van der Waals surface area contributed by atoms with Gasteiger partial charge in [0.2, 0.25) is 5.91 Å². The molecular formula is C21H21N3O6. The van der Waals surface area contributed by atoms with E-state index in [2.05, 4.69) is 5.32 Å². The van der Waals surface area contributed by atoms with Crippen LogP contribution in [0, 0.1) is 0 Å². The predicted octanol–water partition coefficient (Wildman–Crippen LogP) is 1.25. The van der Waals surface area contributed by atoms with Crippen LogP contribution in [-0.4, -0.2) is 54.6 Å². The van der Waals surface area contributed by atoms with E-state index in [1.165, 1.54) is 12.0 Å². The number of nitrogens with zero attached hydrogens (tertiary/aromatic N) is 1. The van der Waals surface area contributed by atoms with Crippen molar-refractivity contribution in [1.29, 1.82) is 0 Å². The molecule has 9 nitrogen and oxygen atoms in total. The molecule has 30 heavy (non-hydrogen) atoms. The number of aliphatic hydroxyl groups excluding tert-OH is 1. The third-order valence-electron chi connectivity index (χ3n) is 4.47. The minimum Gasteiger partial charge on any atom is -0.466 e. The van der Waals surface area contributed by atoms with Crippen molar-refractivity contribution in [2.45, 2.75) is 0 Å². The number of β-amino-alcohol motifs (C(OH)–C–C–N with tert-alkyl or cyclic N) is 1. The molecule has 1 aliphatic heterocycles. The predicted molar refractivity (Wildman–Crippen MR) is 108 cm³/mol. The Morgan fingerprint density at radius 2 is 1.87 bits per heavy atom. The number of benzene rings is 2. The number of carbonyl (C=O) groups excluding carboxylic acids is 3. The average Bonchev–Trinajstić information content (AvgIpc) is 3.05. The fourth-order valence-corrected chi connectivity index (χ4v) is 2.96. The van der Waals surface area contributed by atoms with Crippen molar-refractivity contribution in [2.24, 2.45) is 5.73 Å². The van der Waals surface area contributed by atoms with E-state index in [9.17, 15) is 14.4 Å². The first kappa shape index (κ1) is 20.9. The van der Waals surface area contributed by atoms with Crippen LogP contribution in [0.1, 0.15) is 10.4 Å². The smallest absolute Gasteiger partial charge is 0.337 e. The number of primary amides is 1. The molecule has 0 saturated heterocycles. The van der Waals surface area contributed by atoms with Gasteiger partial charge in [0.25, 0.3) is 5.91 Å². The zero-order valence-electron chi connectivity index (χ0n) is 16.3. The first-order valence-corrected chi connectivity index (χ1v) is 9.10. The fourth-order valence-electron chi connectivity index (χ4n) is 2.96. The number of rotatable bonds is 8. The number of anilines is 1. The number of hydrogen-bond donors (Lipinski definition) is 3. The molecule has 0 saturated carbocycles. The van der Waals surface area contributed by atoms with Gasteiger partial charge in [-0.3, -0.25) is 9.59 Å². The Morgan fingerprint density at radius 1 is 1.17 bits per heavy atom. The van der Waals surface area contributed by atoms with Gasteiger partial charge in [-0.2, -0.15) is 0 Å². The van der Waals surface area contributed by atoms with Gasteiger partial charge >= 0.3 is 5.97 Å². The van der Waals surface area contributed by atoms with Gasteiger partial charge in [-0.1, -0.05) is 12.1 Å². The molecule has 0 fully saturated rings. The Labute approximate surface area is 172 Å². The Balaban J connectivity index is 1.88. The zero-order valence-corrected chi connectivity index (χ0v) is 16.3. The maximum atomic E-state index is 12.7. The second-order valence-electron chi connectivity index (χ2n) is 6.41. The molecule has 0 spiro atoms. The van der Waals surface area contributed by atoms with Gasteiger partial charge in [-0.25, -0.2) is 4.79 Å². The number of nitrogens with one attached hydrogen (secondary N) is 1. The Morgan fingerprint density at radius 3 is 2.50 bits per heavy atom. The van der Waals surface area contributed by atoms with Gasteiger partial charge < -0.3 is 30.5 Å². The number of hydrogen-bond acceptors (Lipinski definition) is 7. The van der Waals surface area contributed by atoms with Crippen molar-refractivity contribution >= 4 is 23.5 Å². The SMILES string of the molecule is COC(=O)C1=C(Nc2ccccc2Oc2ccc(C(N)=O)cc2)C(=O)N(CCO)C1. The second-order valence-corrected chi connectivity index (χ2v) is 6.41. The van der Waals surface area contributed by atoms with E-state index in [0.29, 0.717) is 22.7 Å². The maximum Gasteiger partial charge on any atom is 0.337 e. The minimum atomic E-state index is -0.633. The molecule has 0 radical (unpaired) electrons. The van der Waals surface area contributed by atoms with E-state index in [1.807, 2.05) is 0 Å². The highest BCUT2D eigenvalue weighted by Gasteiger charge is 2.34. The van der Waals surface area contributed by atoms with E-state index in [0.717, 1.165) is 0 Å². The van der Waals surface area contributed by atoms with Gasteiger partial charge in [0.05, 0.1) is 31.5 Å². The topological polar surface area (TPSA) is 131 Å². The molecule has 9 heteroatoms. The lowest BCUT2D eigenvalue weighted by Crippen LogP contribution is -2.31. The maximum absolute atomic E-state index is 12.7. The summed E-state index contributed by atoms with van der Waals surface area (Å²) in [6.45, 7) is -0.102. The fraction of sp³-hybridized carbons (Fsp3) is 0.190. The summed E-state index contributed by atoms with van der Waals surface area (Å²) in [5, 5.41) is 12.1. The minimum absolute atomic E-state index is 0.0337. The molecule has 0 atom stereocenters. The van der Waals surface area contributed by atoms with Gasteiger partial charge in [-0.05, 0) is 36.4 Å². The zero-order chi connectivity index (χ0) is 21.7. The van der Waals surface area contributed by atoms with Gasteiger partial charge in [0, 0.05) is 12.1 Å². The largest absolute Gasteiger partial charge is 0.466 e. The van der Waals surface area contributed by atoms with Gasteiger partial charge in [-0.15, -0.1) is 0 Å². The van der Waals surface area contributed by atoms with Crippen molar-refractivity contribution in [2.75, 3.05) is 32.1 Å². The third-order valence-corrected chi connectivity index (χ3v) is 4.47. The van der Waals surface area contributed by atoms with Crippen LogP contribution in [0.4, 0.5) is 5.69 Å². The van der Waals surface area contributed by atoms with Crippen molar-refractivity contribution < 1.29 is 29.0 Å². The number of carbonyl (C=O) groups is 3. The molecule has 3 rings (SSSR count). The molecule has 1 aliphatic rings. The van der Waals surface area contributed by atoms with Crippen molar-refractivity contribution in [3.8, 4) is 11.5 Å². The summed E-state index contributed by atoms with van der Waals surface area (Å²) in [5.74, 6) is -0.750. The molecule has 2 aromatic carbocycles. The molecule has 1 heterocycles. The summed E-state index contributed by atoms with van der Waals surface area (Å²) >= 11 is 0. The van der Waals surface area contributed by atoms with Crippen LogP contribution in [-0.2, 0) is 14.3 Å². The average molecular weight is 411 g/mol. The van der Waals surface area contributed by atoms with Crippen LogP contribution in [0.2, 0.25) is 0 Å². The van der Waals surface area contributed by atoms with Gasteiger partial charge in [0.1, 0.15) is 11.4 Å². The normalized spacial score (nSPS) is 13.4. The lowest BCUT2D eigenvalue weighted by molar-refractivity contribution is -0.136. The quantitative estimate of drug-likeness (QED) is 0.557. The highest BCUT2D eigenvalue weighted by Crippen LogP contribution is 2.32. The van der Waals surface area contributed by atoms with E-state index in [-0.39, 0.29) is 31.0 Å². The van der Waals surface area contributed by atoms with E-state index in [1.54, 1.807) is 48.5 Å². The Bertz CT molecular complexity index is 1000. The monoisotopic (exact) mass is 411 g/mol. The van der Waals surface area contributed by atoms with Gasteiger partial charge in [0.15, 0.2) is 5.75 Å². The first-order chi connectivity index (χ1) is 14.4. The standard InChI is InChI=1S/C21H21N3O6/c1-29-21(28)15-12-24(10-11-25)20(27)18(15)23-16-4-2-3-5-17(16)30-14-8-6-13(7-9-14)19(22)26/h2-9,23,25H,10-12H2,1H3,(H2,22,26). The van der Waals surface area contributed by atoms with E-state index in [4.69, 9.17) is 20.3 Å². The molecule has 0 unspecified atom stereocenters. The molecule has 0 bridgehead atoms. The second kappa shape index (κ2) is 9.10. The van der Waals surface area contributed by atoms with Crippen LogP contribution in [0.3, 0.4) is 0 Å². The van der Waals surface area contributed by atoms with Crippen LogP contribution < -0.4 is 15.8 Å². The molecule has 156 valence electrons. The van der Waals surface area contributed by atoms with Crippen LogP contribution in [0.5, 0.6) is 11.5 Å². The molecular weight excluding hydrogens is 390 g/mol. The molecule has 0 aromatic heterocycles. The van der Waals surface area contributed by atoms with Crippen molar-refractivity contribution in [1.82, 2.24) is 4.90 Å². The molecule has 0 aliphatic carbocycles. The first-order valence-electron chi connectivity index (χ1n) is 9.10. The summed E-state index contributed by atoms with van der Waals surface area (Å²) in [4.78, 5) is 37.4. The van der Waals surface area contributed by atoms with Crippen LogP contribution in [0.25, 0.3) is 0 Å². The van der Waals surface area contributed by atoms with E-state index >= 15 is 0 Å². The number of amides is 2.